The van der Waals surface area contributed by atoms with Gasteiger partial charge in [0.05, 0.1) is 36.9 Å². The van der Waals surface area contributed by atoms with Crippen LogP contribution in [0.3, 0.4) is 0 Å². The van der Waals surface area contributed by atoms with Gasteiger partial charge in [0.15, 0.2) is 0 Å². The number of aromatic nitrogens is 2. The van der Waals surface area contributed by atoms with E-state index in [-0.39, 0.29) is 41.3 Å². The van der Waals surface area contributed by atoms with E-state index in [1.807, 2.05) is 0 Å². The van der Waals surface area contributed by atoms with Crippen LogP contribution in [0.5, 0.6) is 5.75 Å². The molecule has 1 amide bonds. The number of rotatable bonds is 12. The minimum Gasteiger partial charge on any atom is -0.495 e. The Morgan fingerprint density at radius 2 is 1.98 bits per heavy atom. The molecule has 1 heterocycles. The lowest BCUT2D eigenvalue weighted by Crippen LogP contribution is -2.45. The van der Waals surface area contributed by atoms with Crippen molar-refractivity contribution in [2.24, 2.45) is 11.3 Å². The molecule has 238 valence electrons. The van der Waals surface area contributed by atoms with Crippen LogP contribution in [0.4, 0.5) is 24.8 Å². The molecule has 2 N–H and O–H groups in total. The van der Waals surface area contributed by atoms with Crippen molar-refractivity contribution in [2.45, 2.75) is 64.1 Å². The van der Waals surface area contributed by atoms with E-state index >= 15 is 0 Å². The third-order valence-corrected chi connectivity index (χ3v) is 10.1. The molecule has 2 aromatic rings. The van der Waals surface area contributed by atoms with Gasteiger partial charge in [-0.2, -0.15) is 13.2 Å². The molecule has 0 radical (unpaired) electrons. The average molecular weight is 628 g/mol. The zero-order valence-corrected chi connectivity index (χ0v) is 26.0. The normalized spacial score (nSPS) is 22.1. The van der Waals surface area contributed by atoms with Crippen LogP contribution in [0, 0.1) is 18.3 Å². The van der Waals surface area contributed by atoms with Crippen LogP contribution in [-0.2, 0) is 27.4 Å². The van der Waals surface area contributed by atoms with Crippen molar-refractivity contribution in [1.29, 1.82) is 0 Å². The highest BCUT2D eigenvalue weighted by Gasteiger charge is 2.60. The highest BCUT2D eigenvalue weighted by atomic mass is 32.2. The Bertz CT molecular complexity index is 1440. The fourth-order valence-electron chi connectivity index (χ4n) is 6.42. The number of benzene rings is 1. The molecule has 1 spiro atoms. The number of carbonyl (C=O) groups excluding carboxylic acids is 1. The molecule has 4 rings (SSSR count). The predicted octanol–water partition coefficient (Wildman–Crippen LogP) is 4.71. The second-order valence-electron chi connectivity index (χ2n) is 11.5. The number of nitrogens with one attached hydrogen (secondary N) is 2. The maximum Gasteiger partial charge on any atom is 0.419 e. The second-order valence-corrected chi connectivity index (χ2v) is 13.5. The third kappa shape index (κ3) is 7.40. The van der Waals surface area contributed by atoms with Gasteiger partial charge in [0.2, 0.25) is 16.0 Å². The van der Waals surface area contributed by atoms with E-state index in [9.17, 15) is 26.4 Å². The molecule has 1 unspecified atom stereocenters. The van der Waals surface area contributed by atoms with Crippen molar-refractivity contribution in [2.75, 3.05) is 46.0 Å². The van der Waals surface area contributed by atoms with Crippen LogP contribution in [-0.4, -0.2) is 75.3 Å². The van der Waals surface area contributed by atoms with Gasteiger partial charge >= 0.3 is 6.18 Å². The van der Waals surface area contributed by atoms with Crippen LogP contribution in [0.25, 0.3) is 0 Å². The molecular weight excluding hydrogens is 587 g/mol. The smallest absolute Gasteiger partial charge is 0.419 e. The Morgan fingerprint density at radius 3 is 2.63 bits per heavy atom. The number of nitrogens with zero attached hydrogens (tertiary/aromatic N) is 3. The van der Waals surface area contributed by atoms with E-state index in [2.05, 4.69) is 20.6 Å². The number of alkyl halides is 3. The maximum absolute atomic E-state index is 14.0. The maximum atomic E-state index is 14.0. The first-order valence-electron chi connectivity index (χ1n) is 14.3. The highest BCUT2D eigenvalue weighted by Crippen LogP contribution is 2.64. The zero-order chi connectivity index (χ0) is 31.6. The van der Waals surface area contributed by atoms with Crippen molar-refractivity contribution < 1.29 is 35.9 Å². The molecule has 2 saturated carbocycles. The van der Waals surface area contributed by atoms with Gasteiger partial charge < -0.3 is 20.1 Å². The van der Waals surface area contributed by atoms with Gasteiger partial charge in [-0.25, -0.2) is 22.7 Å². The Hall–Kier alpha value is -2.97. The van der Waals surface area contributed by atoms with Gasteiger partial charge in [0.1, 0.15) is 5.75 Å². The highest BCUT2D eigenvalue weighted by molar-refractivity contribution is 7.88. The molecule has 2 aliphatic rings. The van der Waals surface area contributed by atoms with E-state index in [1.165, 1.54) is 24.8 Å². The monoisotopic (exact) mass is 627 g/mol. The van der Waals surface area contributed by atoms with E-state index < -0.39 is 21.8 Å². The van der Waals surface area contributed by atoms with Crippen LogP contribution in [0.15, 0.2) is 18.3 Å². The lowest BCUT2D eigenvalue weighted by molar-refractivity contribution is -0.138. The van der Waals surface area contributed by atoms with Gasteiger partial charge in [-0.05, 0) is 68.1 Å². The lowest BCUT2D eigenvalue weighted by Gasteiger charge is -2.38. The fourth-order valence-corrected chi connectivity index (χ4v) is 7.20. The molecule has 0 aliphatic heterocycles. The topological polar surface area (TPSA) is 123 Å². The van der Waals surface area contributed by atoms with Crippen molar-refractivity contribution in [3.63, 3.8) is 0 Å². The van der Waals surface area contributed by atoms with Gasteiger partial charge in [-0.1, -0.05) is 12.8 Å². The molecular formula is C29H40F3N5O5S. The molecule has 1 aromatic heterocycles. The zero-order valence-electron chi connectivity index (χ0n) is 25.2. The van der Waals surface area contributed by atoms with Crippen LogP contribution < -0.4 is 15.4 Å². The Kier molecular flexibility index (Phi) is 9.92. The first-order chi connectivity index (χ1) is 20.2. The summed E-state index contributed by atoms with van der Waals surface area (Å²) < 4.78 is 78.3. The summed E-state index contributed by atoms with van der Waals surface area (Å²) in [5, 5.41) is 5.71. The molecule has 3 atom stereocenters. The summed E-state index contributed by atoms with van der Waals surface area (Å²) in [4.78, 5) is 20.8. The summed E-state index contributed by atoms with van der Waals surface area (Å²) >= 11 is 0. The molecule has 2 aliphatic carbocycles. The summed E-state index contributed by atoms with van der Waals surface area (Å²) in [5.74, 6) is 0.0645. The van der Waals surface area contributed by atoms with Crippen molar-refractivity contribution in [1.82, 2.24) is 19.6 Å². The Balaban J connectivity index is 1.54. The summed E-state index contributed by atoms with van der Waals surface area (Å²) in [7, 11) is 1.17. The van der Waals surface area contributed by atoms with Crippen LogP contribution >= 0.6 is 0 Å². The largest absolute Gasteiger partial charge is 0.495 e. The molecule has 0 saturated heterocycles. The quantitative estimate of drug-likeness (QED) is 0.325. The van der Waals surface area contributed by atoms with E-state index in [0.717, 1.165) is 38.3 Å². The molecule has 14 heteroatoms. The first kappa shape index (κ1) is 32.9. The standard InChI is InChI=1S/C29H40F3N5O5S/c1-18-14-23(24(42-4)15-20(18)26(38)33-12-13-41-3)36-27-34-17-21(29(30,31)32)22(35-27)10-9-19-16-28(19)11-7-6-8-25(28)37(2)43(5,39)40/h14-15,17,19,25H,6-13,16H2,1-5H3,(H,33,38)(H,34,35,36)/t19?,25-,28+/m1/s1. The fraction of sp³-hybridized carbons (Fsp3) is 0.621. The number of methoxy groups -OCH3 is 2. The van der Waals surface area contributed by atoms with Crippen LogP contribution in [0.2, 0.25) is 0 Å². The third-order valence-electron chi connectivity index (χ3n) is 8.81. The molecule has 1 aromatic carbocycles. The minimum absolute atomic E-state index is 0.0316. The number of anilines is 2. The summed E-state index contributed by atoms with van der Waals surface area (Å²) in [6, 6.07) is 3.05. The summed E-state index contributed by atoms with van der Waals surface area (Å²) in [6.45, 7) is 2.42. The number of hydrogen-bond donors (Lipinski definition) is 2. The van der Waals surface area contributed by atoms with E-state index in [4.69, 9.17) is 9.47 Å². The van der Waals surface area contributed by atoms with Crippen molar-refractivity contribution in [3.05, 3.63) is 40.7 Å². The second kappa shape index (κ2) is 12.9. The number of halogens is 3. The summed E-state index contributed by atoms with van der Waals surface area (Å²) in [5.41, 5.74) is 0.173. The Morgan fingerprint density at radius 1 is 1.23 bits per heavy atom. The van der Waals surface area contributed by atoms with Crippen LogP contribution in [0.1, 0.15) is 65.7 Å². The molecule has 2 fully saturated rings. The number of carbonyl (C=O) groups is 1. The number of sulfonamides is 1. The molecule has 10 nitrogen and oxygen atoms in total. The van der Waals surface area contributed by atoms with E-state index in [0.29, 0.717) is 42.1 Å². The lowest BCUT2D eigenvalue weighted by atomic mass is 9.79. The number of hydrogen-bond acceptors (Lipinski definition) is 8. The van der Waals surface area contributed by atoms with Gasteiger partial charge in [0, 0.05) is 38.5 Å². The number of aryl methyl sites for hydroxylation is 2. The SMILES string of the molecule is COCCNC(=O)c1cc(OC)c(Nc2ncc(C(F)(F)F)c(CCC3C[C@@]34CCCC[C@H]4N(C)S(C)(=O)=O)n2)cc1C. The molecule has 0 bridgehead atoms. The number of ether oxygens (including phenoxy) is 2. The van der Waals surface area contributed by atoms with Crippen molar-refractivity contribution in [3.8, 4) is 5.75 Å². The molecule has 43 heavy (non-hydrogen) atoms. The first-order valence-corrected chi connectivity index (χ1v) is 16.1. The number of amides is 1. The minimum atomic E-state index is -4.63. The van der Waals surface area contributed by atoms with Gasteiger partial charge in [-0.3, -0.25) is 4.79 Å². The van der Waals surface area contributed by atoms with Gasteiger partial charge in [-0.15, -0.1) is 0 Å². The van der Waals surface area contributed by atoms with Crippen molar-refractivity contribution >= 4 is 27.6 Å². The average Bonchev–Trinajstić information content (AvgIpc) is 3.62. The predicted molar refractivity (Wildman–Crippen MR) is 156 cm³/mol. The Labute approximate surface area is 250 Å². The van der Waals surface area contributed by atoms with E-state index in [1.54, 1.807) is 26.1 Å². The summed E-state index contributed by atoms with van der Waals surface area (Å²) in [6.07, 6.45) is 2.20. The van der Waals surface area contributed by atoms with Gasteiger partial charge in [0.25, 0.3) is 5.91 Å².